The minimum Gasteiger partial charge on any atom is -0.323 e. The predicted molar refractivity (Wildman–Crippen MR) is 73.4 cm³/mol. The van der Waals surface area contributed by atoms with Crippen LogP contribution in [0, 0.1) is 0 Å². The minimum absolute atomic E-state index is 0.122. The molecule has 0 radical (unpaired) electrons. The first-order valence-electron chi connectivity index (χ1n) is 6.53. The highest BCUT2D eigenvalue weighted by molar-refractivity contribution is 7.11. The number of rotatable bonds is 3. The smallest absolute Gasteiger partial charge is 0.0960 e. The van der Waals surface area contributed by atoms with Gasteiger partial charge < -0.3 is 10.6 Å². The molecule has 4 heteroatoms. The molecule has 1 fully saturated rings. The summed E-state index contributed by atoms with van der Waals surface area (Å²) in [6.45, 7) is 8.99. The molecule has 0 aromatic carbocycles. The van der Waals surface area contributed by atoms with Crippen LogP contribution in [0.2, 0.25) is 0 Å². The highest BCUT2D eigenvalue weighted by Crippen LogP contribution is 2.32. The largest absolute Gasteiger partial charge is 0.323 e. The normalized spacial score (nSPS) is 21.0. The summed E-state index contributed by atoms with van der Waals surface area (Å²) in [6, 6.07) is 0.795. The molecule has 1 aromatic rings. The highest BCUT2D eigenvalue weighted by atomic mass is 32.1. The second-order valence-electron chi connectivity index (χ2n) is 5.29. The number of likely N-dealkylation sites (tertiary alicyclic amines) is 1. The van der Waals surface area contributed by atoms with Gasteiger partial charge in [-0.3, -0.25) is 0 Å². The number of nitrogens with two attached hydrogens (primary N) is 1. The average Bonchev–Trinajstić information content (AvgIpc) is 2.78. The van der Waals surface area contributed by atoms with E-state index in [1.165, 1.54) is 35.8 Å². The maximum Gasteiger partial charge on any atom is 0.0960 e. The predicted octanol–water partition coefficient (Wildman–Crippen LogP) is 2.75. The Morgan fingerprint density at radius 3 is 2.47 bits per heavy atom. The molecule has 1 aromatic heterocycles. The van der Waals surface area contributed by atoms with E-state index in [1.54, 1.807) is 11.3 Å². The van der Waals surface area contributed by atoms with Crippen LogP contribution < -0.4 is 5.73 Å². The van der Waals surface area contributed by atoms with Gasteiger partial charge in [-0.1, -0.05) is 0 Å². The Bertz CT molecular complexity index is 351. The van der Waals surface area contributed by atoms with Crippen molar-refractivity contribution in [1.82, 2.24) is 9.88 Å². The number of thiazole rings is 1. The van der Waals surface area contributed by atoms with Crippen LogP contribution >= 0.6 is 11.3 Å². The molecule has 0 saturated carbocycles. The molecule has 17 heavy (non-hydrogen) atoms. The molecule has 1 saturated heterocycles. The van der Waals surface area contributed by atoms with E-state index in [2.05, 4.69) is 23.7 Å². The zero-order valence-electron chi connectivity index (χ0n) is 11.0. The maximum absolute atomic E-state index is 5.88. The van der Waals surface area contributed by atoms with Gasteiger partial charge in [0.25, 0.3) is 0 Å². The maximum atomic E-state index is 5.88. The van der Waals surface area contributed by atoms with Crippen molar-refractivity contribution in [3.63, 3.8) is 0 Å². The van der Waals surface area contributed by atoms with Crippen LogP contribution in [0.1, 0.15) is 55.5 Å². The molecular formula is C13H23N3S. The van der Waals surface area contributed by atoms with Crippen molar-refractivity contribution in [3.8, 4) is 0 Å². The number of nitrogens with zero attached hydrogens (tertiary/aromatic N) is 2. The SMILES string of the molecule is CC(N)c1cnc(C2CCN(C(C)C)CC2)s1. The van der Waals surface area contributed by atoms with Crippen molar-refractivity contribution in [1.29, 1.82) is 0 Å². The number of piperidine rings is 1. The van der Waals surface area contributed by atoms with Gasteiger partial charge >= 0.3 is 0 Å². The van der Waals surface area contributed by atoms with E-state index in [9.17, 15) is 0 Å². The highest BCUT2D eigenvalue weighted by Gasteiger charge is 2.24. The third kappa shape index (κ3) is 3.06. The quantitative estimate of drug-likeness (QED) is 0.900. The monoisotopic (exact) mass is 253 g/mol. The Balaban J connectivity index is 1.96. The van der Waals surface area contributed by atoms with Crippen molar-refractivity contribution < 1.29 is 0 Å². The second kappa shape index (κ2) is 5.46. The summed E-state index contributed by atoms with van der Waals surface area (Å²) in [7, 11) is 0. The Labute approximate surface area is 108 Å². The molecule has 0 aliphatic carbocycles. The van der Waals surface area contributed by atoms with Gasteiger partial charge in [0.2, 0.25) is 0 Å². The van der Waals surface area contributed by atoms with Gasteiger partial charge in [0, 0.05) is 29.1 Å². The molecule has 1 atom stereocenters. The Hall–Kier alpha value is -0.450. The fourth-order valence-corrected chi connectivity index (χ4v) is 3.40. The summed E-state index contributed by atoms with van der Waals surface area (Å²) in [6.07, 6.45) is 4.44. The first-order chi connectivity index (χ1) is 8.08. The summed E-state index contributed by atoms with van der Waals surface area (Å²) in [4.78, 5) is 8.32. The third-order valence-corrected chi connectivity index (χ3v) is 4.96. The van der Waals surface area contributed by atoms with E-state index >= 15 is 0 Å². The van der Waals surface area contributed by atoms with E-state index in [1.807, 2.05) is 13.1 Å². The topological polar surface area (TPSA) is 42.1 Å². The summed E-state index contributed by atoms with van der Waals surface area (Å²) in [5, 5.41) is 1.29. The van der Waals surface area contributed by atoms with Crippen LogP contribution in [0.5, 0.6) is 0 Å². The standard InChI is InChI=1S/C13H23N3S/c1-9(2)16-6-4-11(5-7-16)13-15-8-12(17-13)10(3)14/h8-11H,4-7,14H2,1-3H3. The average molecular weight is 253 g/mol. The summed E-state index contributed by atoms with van der Waals surface area (Å²) in [5.41, 5.74) is 5.88. The summed E-state index contributed by atoms with van der Waals surface area (Å²) < 4.78 is 0. The first kappa shape index (κ1) is 13.0. The molecule has 0 amide bonds. The zero-order valence-corrected chi connectivity index (χ0v) is 11.8. The van der Waals surface area contributed by atoms with Crippen molar-refractivity contribution in [2.75, 3.05) is 13.1 Å². The van der Waals surface area contributed by atoms with Crippen molar-refractivity contribution in [2.45, 2.75) is 51.6 Å². The fraction of sp³-hybridized carbons (Fsp3) is 0.769. The van der Waals surface area contributed by atoms with Gasteiger partial charge in [0.15, 0.2) is 0 Å². The van der Waals surface area contributed by atoms with Gasteiger partial charge in [0.1, 0.15) is 0 Å². The summed E-state index contributed by atoms with van der Waals surface area (Å²) >= 11 is 1.80. The zero-order chi connectivity index (χ0) is 12.4. The van der Waals surface area contributed by atoms with E-state index in [0.29, 0.717) is 12.0 Å². The van der Waals surface area contributed by atoms with E-state index in [-0.39, 0.29) is 6.04 Å². The van der Waals surface area contributed by atoms with Crippen LogP contribution in [0.4, 0.5) is 0 Å². The van der Waals surface area contributed by atoms with Crippen LogP contribution in [0.25, 0.3) is 0 Å². The second-order valence-corrected chi connectivity index (χ2v) is 6.39. The van der Waals surface area contributed by atoms with Gasteiger partial charge in [-0.25, -0.2) is 4.98 Å². The first-order valence-corrected chi connectivity index (χ1v) is 7.35. The molecule has 2 N–H and O–H groups in total. The molecular weight excluding hydrogens is 230 g/mol. The molecule has 3 nitrogen and oxygen atoms in total. The lowest BCUT2D eigenvalue weighted by Gasteiger charge is -2.33. The van der Waals surface area contributed by atoms with E-state index in [4.69, 9.17) is 5.73 Å². The van der Waals surface area contributed by atoms with E-state index < -0.39 is 0 Å². The Morgan fingerprint density at radius 1 is 1.35 bits per heavy atom. The third-order valence-electron chi connectivity index (χ3n) is 3.60. The van der Waals surface area contributed by atoms with E-state index in [0.717, 1.165) is 0 Å². The molecule has 0 bridgehead atoms. The lowest BCUT2D eigenvalue weighted by molar-refractivity contribution is 0.172. The van der Waals surface area contributed by atoms with Crippen molar-refractivity contribution in [2.24, 2.45) is 5.73 Å². The number of hydrogen-bond acceptors (Lipinski definition) is 4. The van der Waals surface area contributed by atoms with Crippen LogP contribution in [-0.2, 0) is 0 Å². The molecule has 1 aliphatic heterocycles. The van der Waals surface area contributed by atoms with Crippen LogP contribution in [0.3, 0.4) is 0 Å². The Morgan fingerprint density at radius 2 is 2.00 bits per heavy atom. The molecule has 2 heterocycles. The number of aromatic nitrogens is 1. The molecule has 0 spiro atoms. The molecule has 1 unspecified atom stereocenters. The summed E-state index contributed by atoms with van der Waals surface area (Å²) in [5.74, 6) is 0.655. The van der Waals surface area contributed by atoms with Crippen LogP contribution in [0.15, 0.2) is 6.20 Å². The number of hydrogen-bond donors (Lipinski definition) is 1. The van der Waals surface area contributed by atoms with Gasteiger partial charge in [-0.05, 0) is 46.7 Å². The minimum atomic E-state index is 0.122. The van der Waals surface area contributed by atoms with Gasteiger partial charge in [-0.2, -0.15) is 0 Å². The Kier molecular flexibility index (Phi) is 4.17. The lowest BCUT2D eigenvalue weighted by atomic mass is 9.97. The molecule has 1 aliphatic rings. The fourth-order valence-electron chi connectivity index (χ4n) is 2.36. The van der Waals surface area contributed by atoms with Crippen molar-refractivity contribution in [3.05, 3.63) is 16.1 Å². The molecule has 2 rings (SSSR count). The molecule has 96 valence electrons. The lowest BCUT2D eigenvalue weighted by Crippen LogP contribution is -2.37. The van der Waals surface area contributed by atoms with Crippen LogP contribution in [-0.4, -0.2) is 29.0 Å². The van der Waals surface area contributed by atoms with Gasteiger partial charge in [0.05, 0.1) is 5.01 Å². The van der Waals surface area contributed by atoms with Gasteiger partial charge in [-0.15, -0.1) is 11.3 Å². The van der Waals surface area contributed by atoms with Crippen molar-refractivity contribution >= 4 is 11.3 Å².